The van der Waals surface area contributed by atoms with Gasteiger partial charge < -0.3 is 10.0 Å². The van der Waals surface area contributed by atoms with Crippen molar-refractivity contribution in [1.29, 1.82) is 5.26 Å². The molecule has 6 aromatic rings. The summed E-state index contributed by atoms with van der Waals surface area (Å²) in [6.45, 7) is 7.78. The average Bonchev–Trinajstić information content (AvgIpc) is 3.18. The summed E-state index contributed by atoms with van der Waals surface area (Å²) >= 11 is 0. The highest BCUT2D eigenvalue weighted by Crippen LogP contribution is 2.36. The molecule has 4 nitrogen and oxygen atoms in total. The van der Waals surface area contributed by atoms with Gasteiger partial charge in [-0.05, 0) is 92.5 Å². The zero-order valence-corrected chi connectivity index (χ0v) is 27.4. The lowest BCUT2D eigenvalue weighted by Crippen LogP contribution is -2.09. The van der Waals surface area contributed by atoms with Crippen LogP contribution in [0.25, 0.3) is 51.6 Å². The summed E-state index contributed by atoms with van der Waals surface area (Å²) in [5.41, 5.74) is 12.7. The topological polar surface area (TPSA) is 64.3 Å². The Labute approximate surface area is 293 Å². The third-order valence-corrected chi connectivity index (χ3v) is 8.48. The number of rotatable bonds is 11. The molecule has 0 saturated heterocycles. The number of benzene rings is 6. The number of anilines is 3. The third kappa shape index (κ3) is 7.60. The maximum Gasteiger partial charge on any atom is 0.346 e. The summed E-state index contributed by atoms with van der Waals surface area (Å²) in [6, 6.07) is 52.2. The van der Waals surface area contributed by atoms with Crippen molar-refractivity contribution in [3.05, 3.63) is 193 Å². The molecule has 0 aliphatic heterocycles. The van der Waals surface area contributed by atoms with Crippen molar-refractivity contribution in [2.45, 2.75) is 0 Å². The van der Waals surface area contributed by atoms with Gasteiger partial charge in [0.2, 0.25) is 0 Å². The molecule has 0 unspecified atom stereocenters. The molecule has 0 heterocycles. The molecule has 0 aromatic heterocycles. The van der Waals surface area contributed by atoms with Gasteiger partial charge in [-0.2, -0.15) is 5.26 Å². The van der Waals surface area contributed by atoms with Gasteiger partial charge in [0, 0.05) is 17.1 Å². The maximum absolute atomic E-state index is 11.0. The Balaban J connectivity index is 1.16. The highest BCUT2D eigenvalue weighted by molar-refractivity contribution is 5.91. The van der Waals surface area contributed by atoms with Crippen molar-refractivity contribution in [3.8, 4) is 39.4 Å². The van der Waals surface area contributed by atoms with Crippen LogP contribution in [0.3, 0.4) is 0 Å². The number of nitriles is 1. The molecule has 1 N–H and O–H groups in total. The molecule has 0 spiro atoms. The minimum absolute atomic E-state index is 0.303. The molecule has 0 atom stereocenters. The van der Waals surface area contributed by atoms with Crippen LogP contribution < -0.4 is 4.90 Å². The Bertz CT molecular complexity index is 2170. The molecular formula is C46H34N2O2. The first kappa shape index (κ1) is 33.0. The van der Waals surface area contributed by atoms with Crippen molar-refractivity contribution in [2.75, 3.05) is 4.90 Å². The molecule has 0 aliphatic carbocycles. The summed E-state index contributed by atoms with van der Waals surface area (Å²) in [5.74, 6) is -1.24. The molecule has 240 valence electrons. The fourth-order valence-electron chi connectivity index (χ4n) is 5.68. The number of hydrogen-bond acceptors (Lipinski definition) is 3. The largest absolute Gasteiger partial charge is 0.477 e. The van der Waals surface area contributed by atoms with Crippen molar-refractivity contribution in [2.24, 2.45) is 0 Å². The second-order valence-electron chi connectivity index (χ2n) is 11.6. The van der Waals surface area contributed by atoms with E-state index < -0.39 is 5.97 Å². The molecule has 6 rings (SSSR count). The van der Waals surface area contributed by atoms with Gasteiger partial charge in [-0.25, -0.2) is 4.79 Å². The molecule has 6 aromatic carbocycles. The van der Waals surface area contributed by atoms with Gasteiger partial charge >= 0.3 is 5.97 Å². The molecule has 4 heteroatoms. The van der Waals surface area contributed by atoms with E-state index in [2.05, 4.69) is 139 Å². The predicted molar refractivity (Wildman–Crippen MR) is 208 cm³/mol. The van der Waals surface area contributed by atoms with Gasteiger partial charge in [0.1, 0.15) is 11.6 Å². The molecule has 0 saturated carbocycles. The summed E-state index contributed by atoms with van der Waals surface area (Å²) < 4.78 is 0. The smallest absolute Gasteiger partial charge is 0.346 e. The van der Waals surface area contributed by atoms with E-state index in [4.69, 9.17) is 10.4 Å². The first-order valence-electron chi connectivity index (χ1n) is 16.1. The van der Waals surface area contributed by atoms with Crippen LogP contribution in [-0.2, 0) is 4.79 Å². The average molecular weight is 647 g/mol. The second-order valence-corrected chi connectivity index (χ2v) is 11.6. The lowest BCUT2D eigenvalue weighted by atomic mass is 9.97. The highest BCUT2D eigenvalue weighted by Gasteiger charge is 2.13. The van der Waals surface area contributed by atoms with Gasteiger partial charge in [-0.1, -0.05) is 147 Å². The molecule has 0 radical (unpaired) electrons. The second kappa shape index (κ2) is 15.3. The van der Waals surface area contributed by atoms with Crippen LogP contribution in [0.15, 0.2) is 176 Å². The Hall–Kier alpha value is -6.96. The Kier molecular flexibility index (Phi) is 10.1. The first-order chi connectivity index (χ1) is 24.4. The lowest BCUT2D eigenvalue weighted by molar-refractivity contribution is -0.132. The Morgan fingerprint density at radius 1 is 0.520 bits per heavy atom. The van der Waals surface area contributed by atoms with Gasteiger partial charge in [-0.3, -0.25) is 0 Å². The monoisotopic (exact) mass is 646 g/mol. The number of allylic oxidation sites excluding steroid dienone is 2. The normalized spacial score (nSPS) is 11.1. The van der Waals surface area contributed by atoms with Crippen LogP contribution in [0, 0.1) is 11.3 Å². The minimum Gasteiger partial charge on any atom is -0.477 e. The van der Waals surface area contributed by atoms with E-state index in [9.17, 15) is 4.79 Å². The van der Waals surface area contributed by atoms with Gasteiger partial charge in [-0.15, -0.1) is 0 Å². The van der Waals surface area contributed by atoms with Gasteiger partial charge in [0.25, 0.3) is 0 Å². The highest BCUT2D eigenvalue weighted by atomic mass is 16.4. The zero-order chi connectivity index (χ0) is 34.9. The molecule has 0 bridgehead atoms. The number of hydrogen-bond donors (Lipinski definition) is 1. The number of carboxylic acid groups (broad SMARTS) is 1. The van der Waals surface area contributed by atoms with E-state index >= 15 is 0 Å². The van der Waals surface area contributed by atoms with Gasteiger partial charge in [0.05, 0.1) is 0 Å². The van der Waals surface area contributed by atoms with E-state index in [0.29, 0.717) is 0 Å². The number of nitrogens with zero attached hydrogens (tertiary/aromatic N) is 2. The SMILES string of the molecule is C=Cc1ccc(N(c2ccc(C=C)cc2)c2ccc(-c3ccc(-c4ccc(-c5ccc(/C=C/C=C(/C#N)C(=O)O)cc5)cc4)cc3)cc2)cc1. The van der Waals surface area contributed by atoms with Crippen LogP contribution in [-0.4, -0.2) is 11.1 Å². The van der Waals surface area contributed by atoms with E-state index in [0.717, 1.165) is 67.1 Å². The standard InChI is InChI=1S/C46H34N2O2/c1-3-33-10-26-43(27-11-33)48(44-28-12-34(4-2)13-29-44)45-30-24-41(25-31-45)40-22-20-39(21-23-40)38-18-16-37(17-19-38)36-14-8-35(9-15-36)6-5-7-42(32-47)46(49)50/h3-31H,1-2H2,(H,49,50)/b6-5+,42-7-. The van der Waals surface area contributed by atoms with Crippen molar-refractivity contribution in [1.82, 2.24) is 0 Å². The van der Waals surface area contributed by atoms with E-state index in [1.54, 1.807) is 18.2 Å². The maximum atomic E-state index is 11.0. The first-order valence-corrected chi connectivity index (χ1v) is 16.1. The minimum atomic E-state index is -1.24. The summed E-state index contributed by atoms with van der Waals surface area (Å²) in [6.07, 6.45) is 8.34. The fourth-order valence-corrected chi connectivity index (χ4v) is 5.68. The summed E-state index contributed by atoms with van der Waals surface area (Å²) in [4.78, 5) is 13.2. The fraction of sp³-hybridized carbons (Fsp3) is 0. The number of carboxylic acids is 1. The molecule has 0 amide bonds. The molecule has 0 fully saturated rings. The van der Waals surface area contributed by atoms with Crippen molar-refractivity contribution in [3.63, 3.8) is 0 Å². The number of aliphatic carboxylic acids is 1. The van der Waals surface area contributed by atoms with Crippen molar-refractivity contribution < 1.29 is 9.90 Å². The van der Waals surface area contributed by atoms with Crippen LogP contribution in [0.5, 0.6) is 0 Å². The van der Waals surface area contributed by atoms with Crippen molar-refractivity contribution >= 4 is 41.3 Å². The quantitative estimate of drug-likeness (QED) is 0.0864. The van der Waals surface area contributed by atoms with E-state index in [-0.39, 0.29) is 5.57 Å². The lowest BCUT2D eigenvalue weighted by Gasteiger charge is -2.26. The Morgan fingerprint density at radius 3 is 1.14 bits per heavy atom. The van der Waals surface area contributed by atoms with E-state index in [1.807, 2.05) is 36.4 Å². The van der Waals surface area contributed by atoms with Gasteiger partial charge in [0.15, 0.2) is 0 Å². The summed E-state index contributed by atoms with van der Waals surface area (Å²) in [5, 5.41) is 17.8. The zero-order valence-electron chi connectivity index (χ0n) is 27.4. The molecule has 50 heavy (non-hydrogen) atoms. The molecular weight excluding hydrogens is 613 g/mol. The molecule has 0 aliphatic rings. The van der Waals surface area contributed by atoms with Crippen LogP contribution >= 0.6 is 0 Å². The third-order valence-electron chi connectivity index (χ3n) is 8.48. The summed E-state index contributed by atoms with van der Waals surface area (Å²) in [7, 11) is 0. The van der Waals surface area contributed by atoms with Crippen LogP contribution in [0.2, 0.25) is 0 Å². The van der Waals surface area contributed by atoms with Crippen LogP contribution in [0.4, 0.5) is 17.1 Å². The van der Waals surface area contributed by atoms with Crippen LogP contribution in [0.1, 0.15) is 16.7 Å². The number of carbonyl (C=O) groups is 1. The Morgan fingerprint density at radius 2 is 0.820 bits per heavy atom. The van der Waals surface area contributed by atoms with E-state index in [1.165, 1.54) is 6.08 Å². The predicted octanol–water partition coefficient (Wildman–Crippen LogP) is 12.0.